The lowest BCUT2D eigenvalue weighted by Gasteiger charge is -2.37. The molecule has 2 aliphatic rings. The normalized spacial score (nSPS) is 18.3. The zero-order chi connectivity index (χ0) is 24.2. The van der Waals surface area contributed by atoms with Gasteiger partial charge in [0, 0.05) is 29.8 Å². The Kier molecular flexibility index (Phi) is 5.73. The average molecular weight is 460 g/mol. The van der Waals surface area contributed by atoms with Crippen molar-refractivity contribution in [1.29, 1.82) is 0 Å². The molecule has 1 fully saturated rings. The predicted molar refractivity (Wildman–Crippen MR) is 138 cm³/mol. The summed E-state index contributed by atoms with van der Waals surface area (Å²) >= 11 is 0. The summed E-state index contributed by atoms with van der Waals surface area (Å²) in [4.78, 5) is 15.7. The molecule has 2 N–H and O–H groups in total. The molecule has 34 heavy (non-hydrogen) atoms. The number of anilines is 2. The molecule has 0 aliphatic carbocycles. The lowest BCUT2D eigenvalue weighted by atomic mass is 9.78. The molecule has 6 nitrogen and oxygen atoms in total. The fourth-order valence-electron chi connectivity index (χ4n) is 5.21. The van der Waals surface area contributed by atoms with Crippen LogP contribution in [0.25, 0.3) is 11.0 Å². The van der Waals surface area contributed by atoms with Gasteiger partial charge in [-0.1, -0.05) is 32.0 Å². The second-order valence-electron chi connectivity index (χ2n) is 10.7. The minimum absolute atomic E-state index is 0.0302. The van der Waals surface area contributed by atoms with Crippen molar-refractivity contribution in [2.75, 3.05) is 23.3 Å². The summed E-state index contributed by atoms with van der Waals surface area (Å²) in [5, 5.41) is 14.5. The maximum atomic E-state index is 13.4. The quantitative estimate of drug-likeness (QED) is 0.562. The van der Waals surface area contributed by atoms with Crippen LogP contribution in [0.15, 0.2) is 39.5 Å². The Morgan fingerprint density at radius 1 is 1.18 bits per heavy atom. The molecule has 1 unspecified atom stereocenters. The highest BCUT2D eigenvalue weighted by molar-refractivity contribution is 6.63. The maximum Gasteiger partial charge on any atom is 0.493 e. The largest absolute Gasteiger partial charge is 0.493 e. The molecule has 1 saturated heterocycles. The molecule has 178 valence electrons. The minimum atomic E-state index is -0.935. The van der Waals surface area contributed by atoms with E-state index in [2.05, 4.69) is 37.1 Å². The first-order chi connectivity index (χ1) is 16.1. The van der Waals surface area contributed by atoms with Crippen molar-refractivity contribution in [3.63, 3.8) is 0 Å². The van der Waals surface area contributed by atoms with E-state index in [0.717, 1.165) is 53.8 Å². The molecule has 0 bridgehead atoms. The summed E-state index contributed by atoms with van der Waals surface area (Å²) in [6.45, 7) is 12.7. The van der Waals surface area contributed by atoms with Crippen LogP contribution < -0.4 is 21.1 Å². The van der Waals surface area contributed by atoms with Crippen LogP contribution in [-0.2, 0) is 11.3 Å². The van der Waals surface area contributed by atoms with Crippen molar-refractivity contribution >= 4 is 35.1 Å². The van der Waals surface area contributed by atoms with Crippen LogP contribution in [0.4, 0.5) is 11.6 Å². The third-order valence-electron chi connectivity index (χ3n) is 7.45. The smallest absolute Gasteiger partial charge is 0.440 e. The first-order valence-corrected chi connectivity index (χ1v) is 12.2. The number of hydrogen-bond acceptors (Lipinski definition) is 6. The molecule has 2 aliphatic heterocycles. The molecule has 0 radical (unpaired) electrons. The van der Waals surface area contributed by atoms with Gasteiger partial charge in [0.2, 0.25) is 5.88 Å². The van der Waals surface area contributed by atoms with Crippen LogP contribution in [-0.4, -0.2) is 25.2 Å². The van der Waals surface area contributed by atoms with E-state index in [1.807, 2.05) is 38.1 Å². The van der Waals surface area contributed by atoms with Crippen LogP contribution in [0.2, 0.25) is 0 Å². The number of benzene rings is 2. The van der Waals surface area contributed by atoms with E-state index in [9.17, 15) is 9.82 Å². The Hall–Kier alpha value is -2.77. The van der Waals surface area contributed by atoms with E-state index in [1.165, 1.54) is 0 Å². The summed E-state index contributed by atoms with van der Waals surface area (Å²) in [5.41, 5.74) is 6.17. The van der Waals surface area contributed by atoms with Gasteiger partial charge in [-0.2, -0.15) is 0 Å². The molecule has 1 aromatic heterocycles. The number of rotatable bonds is 4. The number of piperidine rings is 1. The first kappa shape index (κ1) is 23.0. The second kappa shape index (κ2) is 8.47. The highest BCUT2D eigenvalue weighted by atomic mass is 16.5. The Morgan fingerprint density at radius 2 is 1.91 bits per heavy atom. The van der Waals surface area contributed by atoms with E-state index in [0.29, 0.717) is 34.4 Å². The summed E-state index contributed by atoms with van der Waals surface area (Å²) < 4.78 is 12.0. The monoisotopic (exact) mass is 460 g/mol. The standard InChI is InChI=1S/C27H33BN2O4/c1-16-13-20(18(3)29-22-8-6-7-19-15-33-28(32)23(19)22)25-21(14-16)24(31)17(2)26(34-25)30-11-9-27(4,5)10-12-30/h6-8,13-14,18,29,32H,9-12,15H2,1-5H3. The van der Waals surface area contributed by atoms with Crippen molar-refractivity contribution < 1.29 is 14.1 Å². The van der Waals surface area contributed by atoms with Crippen LogP contribution in [0.5, 0.6) is 0 Å². The molecule has 0 amide bonds. The van der Waals surface area contributed by atoms with E-state index in [1.54, 1.807) is 0 Å². The molecule has 0 spiro atoms. The van der Waals surface area contributed by atoms with Crippen molar-refractivity contribution in [2.45, 2.75) is 60.1 Å². The van der Waals surface area contributed by atoms with Gasteiger partial charge in [0.25, 0.3) is 0 Å². The highest BCUT2D eigenvalue weighted by Gasteiger charge is 2.31. The highest BCUT2D eigenvalue weighted by Crippen LogP contribution is 2.36. The van der Waals surface area contributed by atoms with E-state index >= 15 is 0 Å². The fraction of sp³-hybridized carbons (Fsp3) is 0.444. The number of nitrogens with zero attached hydrogens (tertiary/aromatic N) is 1. The Labute approximate surface area is 201 Å². The van der Waals surface area contributed by atoms with Gasteiger partial charge in [-0.3, -0.25) is 4.79 Å². The van der Waals surface area contributed by atoms with Crippen LogP contribution in [0.3, 0.4) is 0 Å². The van der Waals surface area contributed by atoms with Crippen molar-refractivity contribution in [1.82, 2.24) is 0 Å². The Bertz CT molecular complexity index is 1310. The Morgan fingerprint density at radius 3 is 2.65 bits per heavy atom. The molecule has 3 heterocycles. The van der Waals surface area contributed by atoms with Gasteiger partial charge in [0.15, 0.2) is 5.43 Å². The molecule has 7 heteroatoms. The molecule has 5 rings (SSSR count). The number of hydrogen-bond donors (Lipinski definition) is 2. The molecular formula is C27H33BN2O4. The van der Waals surface area contributed by atoms with Gasteiger partial charge in [0.1, 0.15) is 5.58 Å². The molecule has 3 aromatic rings. The topological polar surface area (TPSA) is 74.9 Å². The van der Waals surface area contributed by atoms with Gasteiger partial charge in [-0.25, -0.2) is 0 Å². The van der Waals surface area contributed by atoms with E-state index < -0.39 is 7.12 Å². The van der Waals surface area contributed by atoms with E-state index in [4.69, 9.17) is 9.07 Å². The SMILES string of the molecule is Cc1cc(C(C)Nc2cccc3c2B(O)OC3)c2oc(N3CCC(C)(C)CC3)c(C)c(=O)c2c1. The third kappa shape index (κ3) is 4.01. The predicted octanol–water partition coefficient (Wildman–Crippen LogP) is 4.43. The lowest BCUT2D eigenvalue weighted by Crippen LogP contribution is -2.38. The summed E-state index contributed by atoms with van der Waals surface area (Å²) in [5.74, 6) is 0.690. The molecular weight excluding hydrogens is 427 g/mol. The molecule has 2 aromatic carbocycles. The maximum absolute atomic E-state index is 13.4. The molecule has 0 saturated carbocycles. The molecule has 1 atom stereocenters. The van der Waals surface area contributed by atoms with Crippen molar-refractivity contribution in [3.8, 4) is 0 Å². The number of fused-ring (bicyclic) bond motifs is 2. The van der Waals surface area contributed by atoms with Gasteiger partial charge in [0.05, 0.1) is 23.6 Å². The van der Waals surface area contributed by atoms with Gasteiger partial charge in [-0.15, -0.1) is 0 Å². The summed E-state index contributed by atoms with van der Waals surface area (Å²) in [6.07, 6.45) is 2.13. The zero-order valence-electron chi connectivity index (χ0n) is 20.7. The van der Waals surface area contributed by atoms with Crippen molar-refractivity contribution in [2.24, 2.45) is 5.41 Å². The van der Waals surface area contributed by atoms with E-state index in [-0.39, 0.29) is 11.5 Å². The van der Waals surface area contributed by atoms with Crippen LogP contribution >= 0.6 is 0 Å². The third-order valence-corrected chi connectivity index (χ3v) is 7.45. The number of nitrogens with one attached hydrogen (secondary N) is 1. The number of aryl methyl sites for hydroxylation is 1. The van der Waals surface area contributed by atoms with Gasteiger partial charge in [-0.05, 0) is 62.3 Å². The van der Waals surface area contributed by atoms with Gasteiger partial charge >= 0.3 is 7.12 Å². The average Bonchev–Trinajstić information content (AvgIpc) is 3.18. The lowest BCUT2D eigenvalue weighted by molar-refractivity contribution is 0.274. The van der Waals surface area contributed by atoms with Crippen LogP contribution in [0, 0.1) is 19.3 Å². The Balaban J connectivity index is 1.57. The summed E-state index contributed by atoms with van der Waals surface area (Å²) in [6, 6.07) is 9.73. The first-order valence-electron chi connectivity index (χ1n) is 12.2. The second-order valence-corrected chi connectivity index (χ2v) is 10.7. The van der Waals surface area contributed by atoms with Gasteiger partial charge < -0.3 is 24.3 Å². The minimum Gasteiger partial charge on any atom is -0.440 e. The fourth-order valence-corrected chi connectivity index (χ4v) is 5.21. The zero-order valence-corrected chi connectivity index (χ0v) is 20.7. The van der Waals surface area contributed by atoms with Crippen molar-refractivity contribution in [3.05, 3.63) is 62.8 Å². The van der Waals surface area contributed by atoms with Crippen LogP contribution in [0.1, 0.15) is 61.9 Å². The summed E-state index contributed by atoms with van der Waals surface area (Å²) in [7, 11) is -0.935.